The van der Waals surface area contributed by atoms with Crippen molar-refractivity contribution in [2.45, 2.75) is 19.9 Å². The fourth-order valence-electron chi connectivity index (χ4n) is 1.63. The van der Waals surface area contributed by atoms with Crippen molar-refractivity contribution in [2.75, 3.05) is 5.32 Å². The minimum Gasteiger partial charge on any atom is -0.481 e. The molecule has 6 nitrogen and oxygen atoms in total. The van der Waals surface area contributed by atoms with Crippen molar-refractivity contribution in [2.24, 2.45) is 5.92 Å². The number of carbonyl (C=O) groups excluding carboxylic acids is 1. The first-order chi connectivity index (χ1) is 9.86. The largest absolute Gasteiger partial charge is 0.481 e. The fourth-order valence-corrected chi connectivity index (χ4v) is 2.77. The van der Waals surface area contributed by atoms with Crippen molar-refractivity contribution < 1.29 is 14.7 Å². The number of thiazole rings is 1. The van der Waals surface area contributed by atoms with Gasteiger partial charge in [-0.25, -0.2) is 9.78 Å². The van der Waals surface area contributed by atoms with E-state index in [1.807, 2.05) is 0 Å². The number of rotatable bonds is 4. The number of aliphatic carboxylic acids is 1. The van der Waals surface area contributed by atoms with Crippen LogP contribution in [0.1, 0.15) is 13.8 Å². The van der Waals surface area contributed by atoms with Gasteiger partial charge in [-0.15, -0.1) is 0 Å². The van der Waals surface area contributed by atoms with Gasteiger partial charge in [0.2, 0.25) is 0 Å². The number of anilines is 1. The molecule has 3 N–H and O–H groups in total. The van der Waals surface area contributed by atoms with Gasteiger partial charge >= 0.3 is 12.0 Å². The third-order valence-corrected chi connectivity index (χ3v) is 4.24. The molecular weight excluding hydrogens is 314 g/mol. The molecule has 0 aliphatic carbocycles. The number of hydrogen-bond acceptors (Lipinski definition) is 4. The molecular formula is C13H14ClN3O3S. The van der Waals surface area contributed by atoms with Crippen molar-refractivity contribution in [1.29, 1.82) is 0 Å². The number of urea groups is 1. The zero-order valence-electron chi connectivity index (χ0n) is 11.4. The zero-order valence-corrected chi connectivity index (χ0v) is 13.0. The number of nitrogens with one attached hydrogen (secondary N) is 2. The van der Waals surface area contributed by atoms with Crippen LogP contribution in [-0.4, -0.2) is 28.1 Å². The van der Waals surface area contributed by atoms with Crippen LogP contribution >= 0.6 is 22.9 Å². The van der Waals surface area contributed by atoms with Gasteiger partial charge in [0.25, 0.3) is 0 Å². The molecule has 2 unspecified atom stereocenters. The normalized spacial score (nSPS) is 13.7. The average molecular weight is 328 g/mol. The van der Waals surface area contributed by atoms with Crippen LogP contribution in [0.15, 0.2) is 18.2 Å². The van der Waals surface area contributed by atoms with E-state index >= 15 is 0 Å². The molecule has 0 radical (unpaired) electrons. The maximum atomic E-state index is 11.8. The number of nitrogens with zero attached hydrogens (tertiary/aromatic N) is 1. The predicted octanol–water partition coefficient (Wildman–Crippen LogP) is 3.18. The molecule has 1 heterocycles. The Hall–Kier alpha value is -1.86. The first-order valence-corrected chi connectivity index (χ1v) is 7.42. The molecule has 2 atom stereocenters. The Morgan fingerprint density at radius 2 is 2.10 bits per heavy atom. The molecule has 2 rings (SSSR count). The quantitative estimate of drug-likeness (QED) is 0.804. The van der Waals surface area contributed by atoms with Gasteiger partial charge in [0.1, 0.15) is 0 Å². The summed E-state index contributed by atoms with van der Waals surface area (Å²) >= 11 is 7.19. The van der Waals surface area contributed by atoms with Gasteiger partial charge in [0.05, 0.1) is 16.1 Å². The van der Waals surface area contributed by atoms with Gasteiger partial charge in [-0.2, -0.15) is 0 Å². The average Bonchev–Trinajstić information content (AvgIpc) is 2.78. The van der Waals surface area contributed by atoms with E-state index in [1.165, 1.54) is 18.3 Å². The summed E-state index contributed by atoms with van der Waals surface area (Å²) in [5.74, 6) is -1.64. The first kappa shape index (κ1) is 15.5. The zero-order chi connectivity index (χ0) is 15.6. The van der Waals surface area contributed by atoms with Gasteiger partial charge in [0, 0.05) is 11.1 Å². The maximum Gasteiger partial charge on any atom is 0.321 e. The Balaban J connectivity index is 2.02. The second-order valence-electron chi connectivity index (χ2n) is 4.65. The molecule has 0 aliphatic rings. The molecule has 0 spiro atoms. The van der Waals surface area contributed by atoms with Gasteiger partial charge < -0.3 is 10.4 Å². The van der Waals surface area contributed by atoms with Crippen LogP contribution in [0, 0.1) is 5.92 Å². The Morgan fingerprint density at radius 1 is 1.38 bits per heavy atom. The van der Waals surface area contributed by atoms with E-state index in [9.17, 15) is 9.59 Å². The summed E-state index contributed by atoms with van der Waals surface area (Å²) < 4.78 is 0.866. The monoisotopic (exact) mass is 327 g/mol. The number of hydrogen-bond donors (Lipinski definition) is 3. The highest BCUT2D eigenvalue weighted by Crippen LogP contribution is 2.28. The van der Waals surface area contributed by atoms with Crippen LogP contribution in [-0.2, 0) is 4.79 Å². The Labute approximate surface area is 130 Å². The lowest BCUT2D eigenvalue weighted by Gasteiger charge is -2.17. The number of carboxylic acid groups (broad SMARTS) is 1. The Kier molecular flexibility index (Phi) is 4.64. The van der Waals surface area contributed by atoms with Crippen molar-refractivity contribution in [3.05, 3.63) is 23.2 Å². The number of amides is 2. The third-order valence-electron chi connectivity index (χ3n) is 3.07. The Bertz CT molecular complexity index is 688. The summed E-state index contributed by atoms with van der Waals surface area (Å²) in [6, 6.07) is 4.29. The lowest BCUT2D eigenvalue weighted by molar-refractivity contribution is -0.141. The molecule has 8 heteroatoms. The van der Waals surface area contributed by atoms with Crippen molar-refractivity contribution in [3.8, 4) is 0 Å². The molecule has 21 heavy (non-hydrogen) atoms. The minimum atomic E-state index is -0.961. The molecule has 2 aromatic rings. The molecule has 0 bridgehead atoms. The second kappa shape index (κ2) is 6.28. The SMILES string of the molecule is CC(NC(=O)Nc1nc2ccc(Cl)cc2s1)C(C)C(=O)O. The van der Waals surface area contributed by atoms with Crippen LogP contribution in [0.3, 0.4) is 0 Å². The van der Waals surface area contributed by atoms with Crippen LogP contribution in [0.25, 0.3) is 10.2 Å². The summed E-state index contributed by atoms with van der Waals surface area (Å²) in [5.41, 5.74) is 0.742. The highest BCUT2D eigenvalue weighted by Gasteiger charge is 2.21. The summed E-state index contributed by atoms with van der Waals surface area (Å²) in [5, 5.41) is 15.1. The van der Waals surface area contributed by atoms with Crippen LogP contribution < -0.4 is 10.6 Å². The number of carboxylic acids is 1. The number of benzene rings is 1. The topological polar surface area (TPSA) is 91.3 Å². The van der Waals surface area contributed by atoms with Crippen molar-refractivity contribution >= 4 is 50.3 Å². The highest BCUT2D eigenvalue weighted by atomic mass is 35.5. The first-order valence-electron chi connectivity index (χ1n) is 6.23. The summed E-state index contributed by atoms with van der Waals surface area (Å²) in [4.78, 5) is 26.9. The van der Waals surface area contributed by atoms with E-state index in [0.29, 0.717) is 10.2 Å². The molecule has 0 saturated heterocycles. The molecule has 1 aromatic carbocycles. The molecule has 0 aliphatic heterocycles. The molecule has 0 saturated carbocycles. The van der Waals surface area contributed by atoms with Gasteiger partial charge in [0.15, 0.2) is 5.13 Å². The standard InChI is InChI=1S/C13H14ClN3O3S/c1-6(11(18)19)7(2)15-12(20)17-13-16-9-4-3-8(14)5-10(9)21-13/h3-7H,1-2H3,(H,18,19)(H2,15,16,17,20). The molecule has 1 aromatic heterocycles. The van der Waals surface area contributed by atoms with Crippen LogP contribution in [0.5, 0.6) is 0 Å². The van der Waals surface area contributed by atoms with E-state index in [4.69, 9.17) is 16.7 Å². The van der Waals surface area contributed by atoms with Gasteiger partial charge in [-0.1, -0.05) is 22.9 Å². The smallest absolute Gasteiger partial charge is 0.321 e. The van der Waals surface area contributed by atoms with Crippen molar-refractivity contribution in [3.63, 3.8) is 0 Å². The second-order valence-corrected chi connectivity index (χ2v) is 6.11. The lowest BCUT2D eigenvalue weighted by Crippen LogP contribution is -2.42. The van der Waals surface area contributed by atoms with Crippen molar-refractivity contribution in [1.82, 2.24) is 10.3 Å². The van der Waals surface area contributed by atoms with Gasteiger partial charge in [-0.05, 0) is 32.0 Å². The van der Waals surface area contributed by atoms with E-state index < -0.39 is 24.0 Å². The van der Waals surface area contributed by atoms with E-state index in [0.717, 1.165) is 10.2 Å². The molecule has 112 valence electrons. The molecule has 2 amide bonds. The van der Waals surface area contributed by atoms with Gasteiger partial charge in [-0.3, -0.25) is 10.1 Å². The molecule has 0 fully saturated rings. The van der Waals surface area contributed by atoms with E-state index in [2.05, 4.69) is 15.6 Å². The van der Waals surface area contributed by atoms with E-state index in [-0.39, 0.29) is 0 Å². The number of aromatic nitrogens is 1. The van der Waals surface area contributed by atoms with Crippen LogP contribution in [0.2, 0.25) is 5.02 Å². The number of carbonyl (C=O) groups is 2. The lowest BCUT2D eigenvalue weighted by atomic mass is 10.0. The number of fused-ring (bicyclic) bond motifs is 1. The minimum absolute atomic E-state index is 0.431. The third kappa shape index (κ3) is 3.83. The predicted molar refractivity (Wildman–Crippen MR) is 83.0 cm³/mol. The summed E-state index contributed by atoms with van der Waals surface area (Å²) in [7, 11) is 0. The van der Waals surface area contributed by atoms with E-state index in [1.54, 1.807) is 25.1 Å². The maximum absolute atomic E-state index is 11.8. The van der Waals surface area contributed by atoms with Crippen LogP contribution in [0.4, 0.5) is 9.93 Å². The summed E-state index contributed by atoms with van der Waals surface area (Å²) in [6.07, 6.45) is 0. The summed E-state index contributed by atoms with van der Waals surface area (Å²) in [6.45, 7) is 3.17. The Morgan fingerprint density at radius 3 is 2.76 bits per heavy atom. The fraction of sp³-hybridized carbons (Fsp3) is 0.308. The highest BCUT2D eigenvalue weighted by molar-refractivity contribution is 7.22. The number of halogens is 1.